The maximum atomic E-state index is 11.8. The summed E-state index contributed by atoms with van der Waals surface area (Å²) in [6.45, 7) is 2.50. The second-order valence-electron chi connectivity index (χ2n) is 4.29. The Morgan fingerprint density at radius 3 is 2.58 bits per heavy atom. The van der Waals surface area contributed by atoms with Gasteiger partial charge in [-0.05, 0) is 6.92 Å². The van der Waals surface area contributed by atoms with Crippen molar-refractivity contribution in [2.45, 2.75) is 30.8 Å². The zero-order valence-electron chi connectivity index (χ0n) is 10.4. The Balaban J connectivity index is 2.11. The van der Waals surface area contributed by atoms with Gasteiger partial charge in [0.05, 0.1) is 13.2 Å². The molecule has 0 radical (unpaired) electrons. The van der Waals surface area contributed by atoms with Crippen molar-refractivity contribution < 1.29 is 27.1 Å². The van der Waals surface area contributed by atoms with Crippen molar-refractivity contribution in [1.29, 1.82) is 0 Å². The lowest BCUT2D eigenvalue weighted by Crippen LogP contribution is -2.26. The number of rotatable bonds is 3. The first-order valence-corrected chi connectivity index (χ1v) is 7.34. The minimum atomic E-state index is -3.90. The number of carbonyl (C=O) groups excluding carboxylic acids is 1. The van der Waals surface area contributed by atoms with Crippen molar-refractivity contribution in [3.63, 3.8) is 0 Å². The first-order valence-electron chi connectivity index (χ1n) is 5.80. The van der Waals surface area contributed by atoms with Crippen LogP contribution < -0.4 is 5.14 Å². The van der Waals surface area contributed by atoms with Crippen LogP contribution in [0, 0.1) is 6.92 Å². The molecule has 0 spiro atoms. The van der Waals surface area contributed by atoms with Crippen LogP contribution in [0.3, 0.4) is 0 Å². The van der Waals surface area contributed by atoms with Crippen molar-refractivity contribution >= 4 is 16.0 Å². The van der Waals surface area contributed by atoms with E-state index in [4.69, 9.17) is 19.0 Å². The van der Waals surface area contributed by atoms with E-state index in [1.165, 1.54) is 6.92 Å². The van der Waals surface area contributed by atoms with Gasteiger partial charge in [-0.2, -0.15) is 0 Å². The first kappa shape index (κ1) is 14.0. The van der Waals surface area contributed by atoms with Gasteiger partial charge in [0.1, 0.15) is 16.8 Å². The van der Waals surface area contributed by atoms with Gasteiger partial charge in [0.15, 0.2) is 0 Å². The molecule has 2 N–H and O–H groups in total. The van der Waals surface area contributed by atoms with Crippen LogP contribution in [0.25, 0.3) is 0 Å². The largest absolute Gasteiger partial charge is 0.456 e. The van der Waals surface area contributed by atoms with E-state index in [0.717, 1.165) is 6.07 Å². The summed E-state index contributed by atoms with van der Waals surface area (Å²) in [5, 5.41) is 5.00. The smallest absolute Gasteiger partial charge is 0.374 e. The number of primary sulfonamides is 1. The van der Waals surface area contributed by atoms with E-state index < -0.39 is 16.0 Å². The van der Waals surface area contributed by atoms with E-state index in [9.17, 15) is 13.2 Å². The van der Waals surface area contributed by atoms with Crippen LogP contribution in [0.2, 0.25) is 0 Å². The fourth-order valence-electron chi connectivity index (χ4n) is 1.85. The molecule has 0 bridgehead atoms. The molecular formula is C11H15NO6S. The summed E-state index contributed by atoms with van der Waals surface area (Å²) in [4.78, 5) is 11.6. The molecule has 19 heavy (non-hydrogen) atoms. The van der Waals surface area contributed by atoms with Crippen molar-refractivity contribution in [2.75, 3.05) is 13.2 Å². The van der Waals surface area contributed by atoms with E-state index in [2.05, 4.69) is 0 Å². The predicted molar refractivity (Wildman–Crippen MR) is 64.1 cm³/mol. The average Bonchev–Trinajstić information content (AvgIpc) is 2.72. The highest BCUT2D eigenvalue weighted by Crippen LogP contribution is 2.21. The van der Waals surface area contributed by atoms with Crippen molar-refractivity contribution in [2.24, 2.45) is 5.14 Å². The molecular weight excluding hydrogens is 274 g/mol. The number of hydrogen-bond donors (Lipinski definition) is 1. The highest BCUT2D eigenvalue weighted by Gasteiger charge is 2.25. The molecule has 106 valence electrons. The second kappa shape index (κ2) is 5.32. The minimum Gasteiger partial charge on any atom is -0.456 e. The number of carbonyl (C=O) groups is 1. The van der Waals surface area contributed by atoms with Crippen LogP contribution in [0.4, 0.5) is 0 Å². The third kappa shape index (κ3) is 3.34. The number of hydrogen-bond acceptors (Lipinski definition) is 6. The number of esters is 1. The molecule has 1 aromatic rings. The summed E-state index contributed by atoms with van der Waals surface area (Å²) in [5.74, 6) is -0.778. The number of aryl methyl sites for hydroxylation is 1. The average molecular weight is 289 g/mol. The van der Waals surface area contributed by atoms with Crippen molar-refractivity contribution in [3.8, 4) is 0 Å². The highest BCUT2D eigenvalue weighted by molar-refractivity contribution is 7.89. The molecule has 0 amide bonds. The van der Waals surface area contributed by atoms with Gasteiger partial charge < -0.3 is 13.9 Å². The van der Waals surface area contributed by atoms with Gasteiger partial charge in [-0.3, -0.25) is 0 Å². The number of ether oxygens (including phenoxy) is 2. The maximum Gasteiger partial charge on any atom is 0.374 e. The predicted octanol–water partition coefficient (Wildman–Crippen LogP) is 0.571. The van der Waals surface area contributed by atoms with Crippen LogP contribution in [-0.2, 0) is 19.5 Å². The fourth-order valence-corrected chi connectivity index (χ4v) is 2.57. The van der Waals surface area contributed by atoms with E-state index in [0.29, 0.717) is 26.1 Å². The summed E-state index contributed by atoms with van der Waals surface area (Å²) in [7, 11) is -3.90. The summed E-state index contributed by atoms with van der Waals surface area (Å²) < 4.78 is 37.9. The molecule has 0 saturated carbocycles. The normalized spacial score (nSPS) is 17.4. The summed E-state index contributed by atoms with van der Waals surface area (Å²) in [5.41, 5.74) is 0. The molecule has 0 atom stereocenters. The minimum absolute atomic E-state index is 0.0708. The van der Waals surface area contributed by atoms with Crippen LogP contribution >= 0.6 is 0 Å². The van der Waals surface area contributed by atoms with Crippen LogP contribution in [0.1, 0.15) is 29.2 Å². The molecule has 0 aromatic carbocycles. The van der Waals surface area contributed by atoms with Crippen LogP contribution in [-0.4, -0.2) is 33.7 Å². The Bertz CT molecular complexity index is 570. The summed E-state index contributed by atoms with van der Waals surface area (Å²) >= 11 is 0. The molecule has 0 unspecified atom stereocenters. The molecule has 0 aliphatic carbocycles. The number of nitrogens with two attached hydrogens (primary N) is 1. The highest BCUT2D eigenvalue weighted by atomic mass is 32.2. The van der Waals surface area contributed by atoms with Gasteiger partial charge in [-0.15, -0.1) is 0 Å². The lowest BCUT2D eigenvalue weighted by atomic mass is 10.1. The summed E-state index contributed by atoms with van der Waals surface area (Å²) in [6, 6.07) is 1.09. The Hall–Kier alpha value is -1.38. The Kier molecular flexibility index (Phi) is 3.93. The lowest BCUT2D eigenvalue weighted by molar-refractivity contribution is -0.0180. The molecule has 1 aliphatic heterocycles. The molecule has 8 heteroatoms. The lowest BCUT2D eigenvalue weighted by Gasteiger charge is -2.21. The third-order valence-electron chi connectivity index (χ3n) is 2.82. The molecule has 2 heterocycles. The second-order valence-corrected chi connectivity index (χ2v) is 5.82. The standard InChI is InChI=1S/C11H15NO6S/c1-7-10(19(12,14)15)6-9(17-7)11(13)18-8-2-4-16-5-3-8/h6,8H,2-5H2,1H3,(H2,12,14,15). The molecule has 7 nitrogen and oxygen atoms in total. The van der Waals surface area contributed by atoms with Crippen molar-refractivity contribution in [1.82, 2.24) is 0 Å². The molecule has 2 rings (SSSR count). The Morgan fingerprint density at radius 1 is 1.42 bits per heavy atom. The third-order valence-corrected chi connectivity index (χ3v) is 3.84. The topological polar surface area (TPSA) is 109 Å². The first-order chi connectivity index (χ1) is 8.88. The fraction of sp³-hybridized carbons (Fsp3) is 0.545. The Morgan fingerprint density at radius 2 is 2.05 bits per heavy atom. The van der Waals surface area contributed by atoms with E-state index in [1.807, 2.05) is 0 Å². The summed E-state index contributed by atoms with van der Waals surface area (Å²) in [6.07, 6.45) is 1.01. The van der Waals surface area contributed by atoms with Gasteiger partial charge in [-0.25, -0.2) is 18.4 Å². The molecule has 1 fully saturated rings. The molecule has 1 aliphatic rings. The number of sulfonamides is 1. The molecule has 1 aromatic heterocycles. The molecule has 1 saturated heterocycles. The van der Waals surface area contributed by atoms with Crippen molar-refractivity contribution in [3.05, 3.63) is 17.6 Å². The SMILES string of the molecule is Cc1oc(C(=O)OC2CCOCC2)cc1S(N)(=O)=O. The zero-order valence-corrected chi connectivity index (χ0v) is 11.2. The monoisotopic (exact) mass is 289 g/mol. The number of furan rings is 1. The van der Waals surface area contributed by atoms with E-state index >= 15 is 0 Å². The Labute approximate surface area is 110 Å². The van der Waals surface area contributed by atoms with Gasteiger partial charge >= 0.3 is 5.97 Å². The van der Waals surface area contributed by atoms with Gasteiger partial charge in [-0.1, -0.05) is 0 Å². The van der Waals surface area contributed by atoms with E-state index in [-0.39, 0.29) is 22.5 Å². The van der Waals surface area contributed by atoms with Gasteiger partial charge in [0, 0.05) is 18.9 Å². The van der Waals surface area contributed by atoms with Crippen LogP contribution in [0.5, 0.6) is 0 Å². The van der Waals surface area contributed by atoms with Gasteiger partial charge in [0.25, 0.3) is 0 Å². The van der Waals surface area contributed by atoms with E-state index in [1.54, 1.807) is 0 Å². The van der Waals surface area contributed by atoms with Crippen LogP contribution in [0.15, 0.2) is 15.4 Å². The maximum absolute atomic E-state index is 11.8. The van der Waals surface area contributed by atoms with Gasteiger partial charge in [0.2, 0.25) is 15.8 Å². The quantitative estimate of drug-likeness (QED) is 0.815. The zero-order chi connectivity index (χ0) is 14.0.